The molecule has 0 aromatic heterocycles. The van der Waals surface area contributed by atoms with Crippen molar-refractivity contribution in [1.29, 1.82) is 0 Å². The van der Waals surface area contributed by atoms with Crippen LogP contribution in [0.25, 0.3) is 0 Å². The van der Waals surface area contributed by atoms with Gasteiger partial charge in [0.25, 0.3) is 0 Å². The summed E-state index contributed by atoms with van der Waals surface area (Å²) in [5, 5.41) is -1.35. The zero-order chi connectivity index (χ0) is 20.4. The van der Waals surface area contributed by atoms with Gasteiger partial charge in [0, 0.05) is 5.92 Å². The fraction of sp³-hybridized carbons (Fsp3) is 0.933. The molecule has 0 unspecified atom stereocenters. The van der Waals surface area contributed by atoms with E-state index in [1.165, 1.54) is 7.11 Å². The fourth-order valence-electron chi connectivity index (χ4n) is 2.70. The summed E-state index contributed by atoms with van der Waals surface area (Å²) in [5.74, 6) is -1.59. The smallest absolute Gasteiger partial charge is 0.346 e. The number of nitrogens with two attached hydrogens (primary N) is 1. The third kappa shape index (κ3) is 6.41. The summed E-state index contributed by atoms with van der Waals surface area (Å²) in [7, 11) is -6.78. The Hall–Kier alpha value is -0.270. The first-order valence-corrected chi connectivity index (χ1v) is 12.0. The molecule has 0 bridgehead atoms. The lowest BCUT2D eigenvalue weighted by molar-refractivity contribution is -0.143. The van der Waals surface area contributed by atoms with Crippen LogP contribution in [0.15, 0.2) is 0 Å². The van der Waals surface area contributed by atoms with Gasteiger partial charge in [0.15, 0.2) is 5.40 Å². The first-order chi connectivity index (χ1) is 12.2. The Morgan fingerprint density at radius 2 is 1.19 bits per heavy atom. The maximum Gasteiger partial charge on any atom is 0.346 e. The third-order valence-corrected chi connectivity index (χ3v) is 9.90. The second-order valence-electron chi connectivity index (χ2n) is 5.29. The van der Waals surface area contributed by atoms with Crippen LogP contribution < -0.4 is 5.73 Å². The second-order valence-corrected chi connectivity index (χ2v) is 10.00. The molecular formula is C15H33NO8P2. The molecule has 0 fully saturated rings. The van der Waals surface area contributed by atoms with Crippen LogP contribution in [0.3, 0.4) is 0 Å². The maximum absolute atomic E-state index is 13.5. The highest BCUT2D eigenvalue weighted by Crippen LogP contribution is 2.73. The van der Waals surface area contributed by atoms with Crippen LogP contribution >= 0.6 is 15.2 Å². The molecule has 0 heterocycles. The van der Waals surface area contributed by atoms with Gasteiger partial charge in [-0.05, 0) is 34.1 Å². The van der Waals surface area contributed by atoms with Gasteiger partial charge in [0.05, 0.1) is 33.5 Å². The molecule has 0 aliphatic heterocycles. The molecule has 156 valence electrons. The average molecular weight is 417 g/mol. The molecule has 11 heteroatoms. The molecule has 2 N–H and O–H groups in total. The Morgan fingerprint density at radius 3 is 1.42 bits per heavy atom. The fourth-order valence-corrected chi connectivity index (χ4v) is 8.82. The van der Waals surface area contributed by atoms with Crippen molar-refractivity contribution in [3.05, 3.63) is 0 Å². The van der Waals surface area contributed by atoms with E-state index >= 15 is 0 Å². The summed E-state index contributed by atoms with van der Waals surface area (Å²) in [6.07, 6.45) is 0.259. The highest BCUT2D eigenvalue weighted by molar-refractivity contribution is 7.72. The molecule has 0 aromatic rings. The molecular weight excluding hydrogens is 384 g/mol. The van der Waals surface area contributed by atoms with Crippen molar-refractivity contribution in [3.63, 3.8) is 0 Å². The molecule has 9 nitrogen and oxygen atoms in total. The average Bonchev–Trinajstić information content (AvgIpc) is 2.58. The van der Waals surface area contributed by atoms with Gasteiger partial charge in [-0.15, -0.1) is 0 Å². The van der Waals surface area contributed by atoms with Crippen LogP contribution in [0, 0.1) is 5.92 Å². The molecule has 0 radical (unpaired) electrons. The van der Waals surface area contributed by atoms with Gasteiger partial charge in [-0.1, -0.05) is 6.92 Å². The number of ether oxygens (including phenoxy) is 1. The molecule has 0 aliphatic carbocycles. The number of rotatable bonds is 14. The van der Waals surface area contributed by atoms with E-state index in [0.29, 0.717) is 0 Å². The van der Waals surface area contributed by atoms with Crippen LogP contribution in [0.5, 0.6) is 0 Å². The predicted octanol–water partition coefficient (Wildman–Crippen LogP) is 3.37. The summed E-state index contributed by atoms with van der Waals surface area (Å²) >= 11 is 0. The van der Waals surface area contributed by atoms with Crippen LogP contribution in [0.1, 0.15) is 41.0 Å². The number of hydrogen-bond acceptors (Lipinski definition) is 9. The van der Waals surface area contributed by atoms with Crippen molar-refractivity contribution >= 4 is 21.2 Å². The van der Waals surface area contributed by atoms with E-state index in [1.807, 2.05) is 0 Å². The van der Waals surface area contributed by atoms with Crippen molar-refractivity contribution in [2.45, 2.75) is 52.5 Å². The topological polar surface area (TPSA) is 123 Å². The van der Waals surface area contributed by atoms with E-state index in [0.717, 1.165) is 0 Å². The number of carbonyl (C=O) groups is 1. The van der Waals surface area contributed by atoms with Crippen LogP contribution in [0.4, 0.5) is 0 Å². The third-order valence-electron chi connectivity index (χ3n) is 3.67. The van der Waals surface area contributed by atoms with E-state index in [9.17, 15) is 13.9 Å². The molecule has 26 heavy (non-hydrogen) atoms. The van der Waals surface area contributed by atoms with Crippen molar-refractivity contribution in [2.24, 2.45) is 11.7 Å². The zero-order valence-corrected chi connectivity index (χ0v) is 18.3. The van der Waals surface area contributed by atoms with Crippen molar-refractivity contribution < 1.29 is 36.8 Å². The first kappa shape index (κ1) is 25.7. The molecule has 2 atom stereocenters. The molecule has 0 amide bonds. The minimum Gasteiger partial charge on any atom is -0.468 e. The quantitative estimate of drug-likeness (QED) is 0.335. The molecule has 0 spiro atoms. The Bertz CT molecular complexity index is 466. The van der Waals surface area contributed by atoms with Crippen LogP contribution in [-0.2, 0) is 36.8 Å². The molecule has 0 aromatic carbocycles. The lowest BCUT2D eigenvalue weighted by Gasteiger charge is -2.37. The van der Waals surface area contributed by atoms with Gasteiger partial charge in [-0.25, -0.2) is 0 Å². The number of esters is 1. The zero-order valence-electron chi connectivity index (χ0n) is 16.5. The summed E-state index contributed by atoms with van der Waals surface area (Å²) < 4.78 is 53.4. The number of methoxy groups -OCH3 is 1. The van der Waals surface area contributed by atoms with E-state index in [4.69, 9.17) is 28.6 Å². The normalized spacial score (nSPS) is 15.1. The largest absolute Gasteiger partial charge is 0.468 e. The number of carbonyl (C=O) groups excluding carboxylic acids is 1. The van der Waals surface area contributed by atoms with Crippen molar-refractivity contribution in [2.75, 3.05) is 33.5 Å². The second kappa shape index (κ2) is 12.2. The predicted molar refractivity (Wildman–Crippen MR) is 99.3 cm³/mol. The van der Waals surface area contributed by atoms with Crippen molar-refractivity contribution in [1.82, 2.24) is 0 Å². The molecule has 0 saturated heterocycles. The van der Waals surface area contributed by atoms with Gasteiger partial charge in [-0.3, -0.25) is 13.9 Å². The standard InChI is InChI=1S/C15H33NO8P2/c1-7-12(13(16)14(17)20-6)15(25(18,21-8-2)22-9-3)26(19,23-10-4)24-11-5/h12-13,15H,7-11,16H2,1-6H3/t12-,13+/m1/s1. The first-order valence-electron chi connectivity index (χ1n) is 8.82. The van der Waals surface area contributed by atoms with E-state index in [1.54, 1.807) is 34.6 Å². The lowest BCUT2D eigenvalue weighted by Crippen LogP contribution is -2.44. The van der Waals surface area contributed by atoms with Gasteiger partial charge >= 0.3 is 21.2 Å². The highest BCUT2D eigenvalue weighted by atomic mass is 31.2. The van der Waals surface area contributed by atoms with E-state index < -0.39 is 38.5 Å². The Labute approximate surface area is 156 Å². The molecule has 0 saturated carbocycles. The Balaban J connectivity index is 6.42. The van der Waals surface area contributed by atoms with Gasteiger partial charge in [0.2, 0.25) is 0 Å². The van der Waals surface area contributed by atoms with E-state index in [2.05, 4.69) is 0 Å². The van der Waals surface area contributed by atoms with Crippen LogP contribution in [-0.4, -0.2) is 50.9 Å². The molecule has 0 aliphatic rings. The highest BCUT2D eigenvalue weighted by Gasteiger charge is 2.56. The minimum atomic E-state index is -3.99. The summed E-state index contributed by atoms with van der Waals surface area (Å²) in [6, 6.07) is -1.20. The lowest BCUT2D eigenvalue weighted by atomic mass is 10.00. The summed E-state index contributed by atoms with van der Waals surface area (Å²) in [5.41, 5.74) is 6.02. The van der Waals surface area contributed by atoms with Gasteiger partial charge in [0.1, 0.15) is 6.04 Å². The minimum absolute atomic E-state index is 0.0515. The van der Waals surface area contributed by atoms with Crippen LogP contribution in [0.2, 0.25) is 0 Å². The summed E-state index contributed by atoms with van der Waals surface area (Å²) in [6.45, 7) is 8.47. The Morgan fingerprint density at radius 1 is 0.846 bits per heavy atom. The number of hydrogen-bond donors (Lipinski definition) is 1. The summed E-state index contributed by atoms with van der Waals surface area (Å²) in [4.78, 5) is 12.0. The van der Waals surface area contributed by atoms with Crippen molar-refractivity contribution in [3.8, 4) is 0 Å². The SMILES string of the molecule is CCOP(=O)(OCC)C([C@H](CC)[C@H](N)C(=O)OC)P(=O)(OCC)OCC. The van der Waals surface area contributed by atoms with Gasteiger partial charge in [-0.2, -0.15) is 0 Å². The Kier molecular flexibility index (Phi) is 12.1. The van der Waals surface area contributed by atoms with Gasteiger partial charge < -0.3 is 28.6 Å². The van der Waals surface area contributed by atoms with E-state index in [-0.39, 0.29) is 32.8 Å². The molecule has 0 rings (SSSR count). The maximum atomic E-state index is 13.5. The monoisotopic (exact) mass is 417 g/mol.